The van der Waals surface area contributed by atoms with Crippen molar-refractivity contribution in [1.29, 1.82) is 0 Å². The number of aryl methyl sites for hydroxylation is 1. The highest BCUT2D eigenvalue weighted by atomic mass is 35.5. The van der Waals surface area contributed by atoms with E-state index >= 15 is 0 Å². The Morgan fingerprint density at radius 1 is 1.06 bits per heavy atom. The highest BCUT2D eigenvalue weighted by Gasteiger charge is 2.18. The van der Waals surface area contributed by atoms with Crippen molar-refractivity contribution in [3.63, 3.8) is 0 Å². The van der Waals surface area contributed by atoms with E-state index < -0.39 is 22.9 Å². The SMILES string of the molecule is CCCOc1ccc(C(=O)NNC(=O)c2nn(-c3ccccc3Cl)c(C)cc2=O)cc1OC. The lowest BCUT2D eigenvalue weighted by Crippen LogP contribution is -2.44. The summed E-state index contributed by atoms with van der Waals surface area (Å²) in [5.74, 6) is -0.597. The average Bonchev–Trinajstić information content (AvgIpc) is 2.81. The normalized spacial score (nSPS) is 10.4. The van der Waals surface area contributed by atoms with Crippen LogP contribution in [-0.4, -0.2) is 35.3 Å². The fourth-order valence-corrected chi connectivity index (χ4v) is 3.17. The third-order valence-corrected chi connectivity index (χ3v) is 4.90. The molecule has 2 aromatic carbocycles. The van der Waals surface area contributed by atoms with Gasteiger partial charge in [0.05, 0.1) is 24.4 Å². The Balaban J connectivity index is 1.77. The molecule has 10 heteroatoms. The molecule has 1 aromatic heterocycles. The van der Waals surface area contributed by atoms with Crippen molar-refractivity contribution in [2.75, 3.05) is 13.7 Å². The van der Waals surface area contributed by atoms with E-state index in [2.05, 4.69) is 16.0 Å². The fraction of sp³-hybridized carbons (Fsp3) is 0.217. The Morgan fingerprint density at radius 3 is 2.48 bits per heavy atom. The number of aromatic nitrogens is 2. The van der Waals surface area contributed by atoms with Crippen molar-refractivity contribution in [3.8, 4) is 17.2 Å². The average molecular weight is 471 g/mol. The van der Waals surface area contributed by atoms with E-state index in [-0.39, 0.29) is 5.56 Å². The van der Waals surface area contributed by atoms with Gasteiger partial charge in [0, 0.05) is 17.3 Å². The largest absolute Gasteiger partial charge is 0.493 e. The predicted molar refractivity (Wildman–Crippen MR) is 123 cm³/mol. The molecule has 0 unspecified atom stereocenters. The van der Waals surface area contributed by atoms with Crippen molar-refractivity contribution in [2.24, 2.45) is 0 Å². The third-order valence-electron chi connectivity index (χ3n) is 4.58. The molecule has 0 saturated heterocycles. The van der Waals surface area contributed by atoms with E-state index in [0.29, 0.717) is 34.5 Å². The van der Waals surface area contributed by atoms with Crippen molar-refractivity contribution < 1.29 is 19.1 Å². The first-order chi connectivity index (χ1) is 15.8. The summed E-state index contributed by atoms with van der Waals surface area (Å²) in [4.78, 5) is 37.5. The molecule has 0 spiro atoms. The number of hydrogen-bond acceptors (Lipinski definition) is 6. The van der Waals surface area contributed by atoms with Gasteiger partial charge in [-0.05, 0) is 43.7 Å². The van der Waals surface area contributed by atoms with Gasteiger partial charge < -0.3 is 9.47 Å². The minimum Gasteiger partial charge on any atom is -0.493 e. The Bertz CT molecular complexity index is 1240. The molecule has 0 fully saturated rings. The lowest BCUT2D eigenvalue weighted by molar-refractivity contribution is 0.0842. The molecule has 0 aliphatic rings. The van der Waals surface area contributed by atoms with Gasteiger partial charge in [0.25, 0.3) is 11.8 Å². The highest BCUT2D eigenvalue weighted by molar-refractivity contribution is 6.32. The van der Waals surface area contributed by atoms with Crippen LogP contribution >= 0.6 is 11.6 Å². The van der Waals surface area contributed by atoms with Gasteiger partial charge in [-0.15, -0.1) is 0 Å². The van der Waals surface area contributed by atoms with Gasteiger partial charge >= 0.3 is 0 Å². The summed E-state index contributed by atoms with van der Waals surface area (Å²) in [5, 5.41) is 4.54. The van der Waals surface area contributed by atoms with Crippen LogP contribution in [0.25, 0.3) is 5.69 Å². The van der Waals surface area contributed by atoms with Crippen LogP contribution in [0.4, 0.5) is 0 Å². The molecule has 0 saturated carbocycles. The second-order valence-electron chi connectivity index (χ2n) is 6.98. The van der Waals surface area contributed by atoms with Gasteiger partial charge in [0.2, 0.25) is 5.43 Å². The Hall–Kier alpha value is -3.85. The summed E-state index contributed by atoms with van der Waals surface area (Å²) in [6.07, 6.45) is 0.822. The van der Waals surface area contributed by atoms with Crippen LogP contribution in [0.3, 0.4) is 0 Å². The summed E-state index contributed by atoms with van der Waals surface area (Å²) in [7, 11) is 1.46. The molecule has 9 nitrogen and oxygen atoms in total. The maximum atomic E-state index is 12.6. The number of para-hydroxylation sites is 1. The van der Waals surface area contributed by atoms with Gasteiger partial charge in [0.15, 0.2) is 17.2 Å². The number of methoxy groups -OCH3 is 1. The van der Waals surface area contributed by atoms with Crippen LogP contribution < -0.4 is 25.8 Å². The van der Waals surface area contributed by atoms with E-state index in [1.807, 2.05) is 6.92 Å². The number of amides is 2. The Labute approximate surface area is 195 Å². The van der Waals surface area contributed by atoms with E-state index in [9.17, 15) is 14.4 Å². The number of nitrogens with zero attached hydrogens (tertiary/aromatic N) is 2. The second kappa shape index (κ2) is 10.6. The molecule has 0 aliphatic heterocycles. The van der Waals surface area contributed by atoms with Gasteiger partial charge in [-0.1, -0.05) is 30.7 Å². The highest BCUT2D eigenvalue weighted by Crippen LogP contribution is 2.28. The lowest BCUT2D eigenvalue weighted by atomic mass is 10.2. The first kappa shape index (κ1) is 23.8. The fourth-order valence-electron chi connectivity index (χ4n) is 2.96. The summed E-state index contributed by atoms with van der Waals surface area (Å²) in [6.45, 7) is 4.15. The molecular formula is C23H23ClN4O5. The van der Waals surface area contributed by atoms with Gasteiger partial charge in [-0.25, -0.2) is 4.68 Å². The monoisotopic (exact) mass is 470 g/mol. The Kier molecular flexibility index (Phi) is 7.68. The van der Waals surface area contributed by atoms with E-state index in [1.165, 1.54) is 30.0 Å². The zero-order valence-corrected chi connectivity index (χ0v) is 19.1. The third kappa shape index (κ3) is 5.50. The van der Waals surface area contributed by atoms with Crippen LogP contribution in [0.2, 0.25) is 5.02 Å². The van der Waals surface area contributed by atoms with Crippen molar-refractivity contribution in [2.45, 2.75) is 20.3 Å². The summed E-state index contributed by atoms with van der Waals surface area (Å²) in [6, 6.07) is 12.8. The van der Waals surface area contributed by atoms with E-state index in [0.717, 1.165) is 6.42 Å². The van der Waals surface area contributed by atoms with Crippen LogP contribution in [0, 0.1) is 6.92 Å². The number of halogens is 1. The standard InChI is InChI=1S/C23H23ClN4O5/c1-4-11-33-19-10-9-15(13-20(19)32-3)22(30)25-26-23(31)21-18(29)12-14(2)28(27-21)17-8-6-5-7-16(17)24/h5-10,12-13H,4,11H2,1-3H3,(H,25,30)(H,26,31). The van der Waals surface area contributed by atoms with Crippen molar-refractivity contribution in [1.82, 2.24) is 20.6 Å². The molecular weight excluding hydrogens is 448 g/mol. The molecule has 3 aromatic rings. The summed E-state index contributed by atoms with van der Waals surface area (Å²) < 4.78 is 12.2. The maximum absolute atomic E-state index is 12.6. The lowest BCUT2D eigenvalue weighted by Gasteiger charge is -2.13. The molecule has 0 atom stereocenters. The number of ether oxygens (including phenoxy) is 2. The van der Waals surface area contributed by atoms with Crippen LogP contribution in [-0.2, 0) is 0 Å². The van der Waals surface area contributed by atoms with Crippen LogP contribution in [0.1, 0.15) is 39.9 Å². The van der Waals surface area contributed by atoms with Crippen molar-refractivity contribution >= 4 is 23.4 Å². The zero-order chi connectivity index (χ0) is 24.0. The minimum atomic E-state index is -0.871. The number of hydrogen-bond donors (Lipinski definition) is 2. The van der Waals surface area contributed by atoms with Crippen LogP contribution in [0.5, 0.6) is 11.5 Å². The predicted octanol–water partition coefficient (Wildman–Crippen LogP) is 3.07. The summed E-state index contributed by atoms with van der Waals surface area (Å²) in [5.41, 5.74) is 4.72. The Morgan fingerprint density at radius 2 is 1.79 bits per heavy atom. The number of carbonyl (C=O) groups is 2. The van der Waals surface area contributed by atoms with Gasteiger partial charge in [0.1, 0.15) is 0 Å². The zero-order valence-electron chi connectivity index (χ0n) is 18.3. The maximum Gasteiger partial charge on any atom is 0.294 e. The first-order valence-corrected chi connectivity index (χ1v) is 10.5. The van der Waals surface area contributed by atoms with E-state index in [1.54, 1.807) is 37.3 Å². The summed E-state index contributed by atoms with van der Waals surface area (Å²) >= 11 is 6.22. The number of benzene rings is 2. The number of carbonyl (C=O) groups excluding carboxylic acids is 2. The number of hydrazine groups is 1. The molecule has 2 N–H and O–H groups in total. The smallest absolute Gasteiger partial charge is 0.294 e. The topological polar surface area (TPSA) is 112 Å². The van der Waals surface area contributed by atoms with Crippen LogP contribution in [0.15, 0.2) is 53.3 Å². The molecule has 0 radical (unpaired) electrons. The molecule has 2 amide bonds. The van der Waals surface area contributed by atoms with Gasteiger partial charge in [-0.2, -0.15) is 5.10 Å². The molecule has 33 heavy (non-hydrogen) atoms. The molecule has 1 heterocycles. The molecule has 0 bridgehead atoms. The van der Waals surface area contributed by atoms with Crippen molar-refractivity contribution in [3.05, 3.63) is 80.7 Å². The first-order valence-electron chi connectivity index (χ1n) is 10.1. The minimum absolute atomic E-state index is 0.223. The number of rotatable bonds is 7. The number of nitrogens with one attached hydrogen (secondary N) is 2. The molecule has 172 valence electrons. The molecule has 0 aliphatic carbocycles. The van der Waals surface area contributed by atoms with Gasteiger partial charge in [-0.3, -0.25) is 25.2 Å². The molecule has 3 rings (SSSR count). The quantitative estimate of drug-likeness (QED) is 0.513. The second-order valence-corrected chi connectivity index (χ2v) is 7.39. The van der Waals surface area contributed by atoms with E-state index in [4.69, 9.17) is 21.1 Å².